The van der Waals surface area contributed by atoms with Gasteiger partial charge in [0.15, 0.2) is 0 Å². The molecule has 2 unspecified atom stereocenters. The van der Waals surface area contributed by atoms with Crippen LogP contribution < -0.4 is 4.90 Å². The molecule has 0 radical (unpaired) electrons. The van der Waals surface area contributed by atoms with E-state index in [2.05, 4.69) is 5.29 Å². The van der Waals surface area contributed by atoms with E-state index >= 15 is 0 Å². The van der Waals surface area contributed by atoms with E-state index < -0.39 is 18.0 Å². The number of amides is 2. The first kappa shape index (κ1) is 15.9. The Morgan fingerprint density at radius 2 is 1.62 bits per heavy atom. The van der Waals surface area contributed by atoms with E-state index in [1.807, 2.05) is 36.4 Å². The molecule has 1 fully saturated rings. The maximum atomic E-state index is 12.7. The minimum Gasteiger partial charge on any atom is -0.274 e. The Balaban J connectivity index is 1.87. The van der Waals surface area contributed by atoms with Crippen LogP contribution in [-0.4, -0.2) is 22.9 Å². The third-order valence-corrected chi connectivity index (χ3v) is 4.23. The topological polar surface area (TPSA) is 70.1 Å². The molecule has 6 heteroatoms. The Kier molecular flexibility index (Phi) is 4.37. The number of hydrogen-bond acceptors (Lipinski definition) is 4. The summed E-state index contributed by atoms with van der Waals surface area (Å²) in [6.45, 7) is 1.79. The van der Waals surface area contributed by atoms with Crippen LogP contribution in [-0.2, 0) is 9.59 Å². The van der Waals surface area contributed by atoms with Gasteiger partial charge in [-0.3, -0.25) is 9.59 Å². The third-order valence-electron chi connectivity index (χ3n) is 4.23. The molecule has 0 spiro atoms. The highest BCUT2D eigenvalue weighted by Gasteiger charge is 2.44. The van der Waals surface area contributed by atoms with E-state index in [1.165, 1.54) is 5.01 Å². The number of imide groups is 1. The fourth-order valence-electron chi connectivity index (χ4n) is 2.95. The van der Waals surface area contributed by atoms with Gasteiger partial charge in [-0.1, -0.05) is 48.5 Å². The van der Waals surface area contributed by atoms with Gasteiger partial charge in [-0.15, -0.1) is 4.91 Å². The lowest BCUT2D eigenvalue weighted by molar-refractivity contribution is -0.123. The number of carbonyl (C=O) groups is 2. The minimum absolute atomic E-state index is 0.0589. The highest BCUT2D eigenvalue weighted by molar-refractivity contribution is 6.22. The normalized spacial score (nSPS) is 18.5. The summed E-state index contributed by atoms with van der Waals surface area (Å²) < 4.78 is 0. The zero-order chi connectivity index (χ0) is 17.1. The van der Waals surface area contributed by atoms with Crippen molar-refractivity contribution in [2.24, 2.45) is 5.29 Å². The van der Waals surface area contributed by atoms with Crippen molar-refractivity contribution in [1.29, 1.82) is 0 Å². The van der Waals surface area contributed by atoms with Crippen LogP contribution in [0.5, 0.6) is 0 Å². The summed E-state index contributed by atoms with van der Waals surface area (Å²) in [6, 6.07) is 16.7. The molecule has 24 heavy (non-hydrogen) atoms. The van der Waals surface area contributed by atoms with E-state index in [-0.39, 0.29) is 12.3 Å². The van der Waals surface area contributed by atoms with Crippen molar-refractivity contribution >= 4 is 17.5 Å². The molecular weight excluding hydrogens is 306 g/mol. The predicted octanol–water partition coefficient (Wildman–Crippen LogP) is 3.06. The number of carbonyl (C=O) groups excluding carboxylic acids is 2. The van der Waals surface area contributed by atoms with E-state index in [0.29, 0.717) is 5.69 Å². The number of para-hydroxylation sites is 1. The van der Waals surface area contributed by atoms with Crippen molar-refractivity contribution in [2.45, 2.75) is 25.4 Å². The summed E-state index contributed by atoms with van der Waals surface area (Å²) in [7, 11) is 0. The molecular formula is C18H17N3O3. The minimum atomic E-state index is -0.884. The van der Waals surface area contributed by atoms with Gasteiger partial charge in [-0.25, -0.2) is 9.91 Å². The van der Waals surface area contributed by atoms with E-state index in [0.717, 1.165) is 10.5 Å². The maximum Gasteiger partial charge on any atom is 0.258 e. The molecule has 0 saturated carbocycles. The summed E-state index contributed by atoms with van der Waals surface area (Å²) in [4.78, 5) is 37.5. The van der Waals surface area contributed by atoms with Crippen molar-refractivity contribution in [1.82, 2.24) is 5.01 Å². The largest absolute Gasteiger partial charge is 0.274 e. The van der Waals surface area contributed by atoms with Crippen LogP contribution >= 0.6 is 0 Å². The van der Waals surface area contributed by atoms with Gasteiger partial charge in [-0.05, 0) is 24.6 Å². The molecule has 1 aliphatic rings. The van der Waals surface area contributed by atoms with E-state index in [4.69, 9.17) is 0 Å². The highest BCUT2D eigenvalue weighted by Crippen LogP contribution is 2.30. The van der Waals surface area contributed by atoms with Crippen molar-refractivity contribution in [3.05, 3.63) is 71.1 Å². The average Bonchev–Trinajstić information content (AvgIpc) is 2.91. The van der Waals surface area contributed by atoms with Gasteiger partial charge in [0.1, 0.15) is 6.04 Å². The Labute approximate surface area is 139 Å². The molecule has 1 heterocycles. The van der Waals surface area contributed by atoms with Crippen LogP contribution in [0.15, 0.2) is 65.9 Å². The lowest BCUT2D eigenvalue weighted by Crippen LogP contribution is -2.40. The van der Waals surface area contributed by atoms with Gasteiger partial charge in [0, 0.05) is 0 Å². The molecule has 0 bridgehead atoms. The molecule has 2 atom stereocenters. The lowest BCUT2D eigenvalue weighted by atomic mass is 10.1. The van der Waals surface area contributed by atoms with Crippen LogP contribution in [0.1, 0.15) is 24.9 Å². The fraction of sp³-hybridized carbons (Fsp3) is 0.222. The zero-order valence-corrected chi connectivity index (χ0v) is 13.2. The second-order valence-corrected chi connectivity index (χ2v) is 5.67. The van der Waals surface area contributed by atoms with E-state index in [9.17, 15) is 14.5 Å². The summed E-state index contributed by atoms with van der Waals surface area (Å²) in [5.74, 6) is -0.751. The third kappa shape index (κ3) is 2.78. The fourth-order valence-corrected chi connectivity index (χ4v) is 2.95. The summed E-state index contributed by atoms with van der Waals surface area (Å²) in [5.41, 5.74) is 1.36. The molecule has 0 N–H and O–H groups in total. The van der Waals surface area contributed by atoms with Crippen LogP contribution in [0.25, 0.3) is 0 Å². The number of nitrogens with zero attached hydrogens (tertiary/aromatic N) is 3. The van der Waals surface area contributed by atoms with Crippen LogP contribution in [0, 0.1) is 4.91 Å². The highest BCUT2D eigenvalue weighted by atomic mass is 16.3. The van der Waals surface area contributed by atoms with Gasteiger partial charge in [0.25, 0.3) is 5.91 Å². The Bertz CT molecular complexity index is 749. The number of benzene rings is 2. The Morgan fingerprint density at radius 1 is 1.04 bits per heavy atom. The second kappa shape index (κ2) is 6.62. The van der Waals surface area contributed by atoms with Crippen LogP contribution in [0.4, 0.5) is 5.69 Å². The summed E-state index contributed by atoms with van der Waals surface area (Å²) in [5, 5.41) is 4.22. The molecule has 1 aliphatic heterocycles. The van der Waals surface area contributed by atoms with Crippen molar-refractivity contribution in [3.8, 4) is 0 Å². The molecule has 1 saturated heterocycles. The van der Waals surface area contributed by atoms with Crippen molar-refractivity contribution in [3.63, 3.8) is 0 Å². The lowest BCUT2D eigenvalue weighted by Gasteiger charge is -2.27. The van der Waals surface area contributed by atoms with Gasteiger partial charge in [0.2, 0.25) is 5.91 Å². The average molecular weight is 323 g/mol. The first-order chi connectivity index (χ1) is 11.6. The number of rotatable bonds is 5. The molecule has 0 aliphatic carbocycles. The zero-order valence-electron chi connectivity index (χ0n) is 13.2. The number of anilines is 1. The predicted molar refractivity (Wildman–Crippen MR) is 89.8 cm³/mol. The quantitative estimate of drug-likeness (QED) is 0.482. The maximum absolute atomic E-state index is 12.7. The number of hydrogen-bond donors (Lipinski definition) is 0. The molecule has 2 aromatic rings. The van der Waals surface area contributed by atoms with Crippen molar-refractivity contribution < 1.29 is 9.59 Å². The smallest absolute Gasteiger partial charge is 0.258 e. The first-order valence-corrected chi connectivity index (χ1v) is 7.72. The second-order valence-electron chi connectivity index (χ2n) is 5.67. The van der Waals surface area contributed by atoms with Crippen molar-refractivity contribution in [2.75, 3.05) is 4.90 Å². The standard InChI is InChI=1S/C18H17N3O3/c1-13(14-8-4-2-5-9-14)21(19-24)16-12-17(22)20(18(16)23)15-10-6-3-7-11-15/h2-11,13,16H,12H2,1H3. The molecule has 0 aromatic heterocycles. The molecule has 6 nitrogen and oxygen atoms in total. The van der Waals surface area contributed by atoms with E-state index in [1.54, 1.807) is 31.2 Å². The molecule has 122 valence electrons. The van der Waals surface area contributed by atoms with Gasteiger partial charge < -0.3 is 0 Å². The summed E-state index contributed by atoms with van der Waals surface area (Å²) >= 11 is 0. The van der Waals surface area contributed by atoms with Gasteiger partial charge in [0.05, 0.1) is 23.4 Å². The summed E-state index contributed by atoms with van der Waals surface area (Å²) in [6.07, 6.45) is -0.0589. The van der Waals surface area contributed by atoms with Gasteiger partial charge in [-0.2, -0.15) is 0 Å². The van der Waals surface area contributed by atoms with Crippen LogP contribution in [0.3, 0.4) is 0 Å². The SMILES string of the molecule is CC(c1ccccc1)N(N=O)C1CC(=O)N(c2ccccc2)C1=O. The Morgan fingerprint density at radius 3 is 2.21 bits per heavy atom. The first-order valence-electron chi connectivity index (χ1n) is 7.72. The van der Waals surface area contributed by atoms with Gasteiger partial charge >= 0.3 is 0 Å². The molecule has 3 rings (SSSR count). The van der Waals surface area contributed by atoms with Crippen LogP contribution in [0.2, 0.25) is 0 Å². The monoisotopic (exact) mass is 323 g/mol. The molecule has 2 aromatic carbocycles. The Hall–Kier alpha value is -3.02. The molecule has 2 amide bonds. The number of nitroso groups, excluding NO2 is 1.